The molecule has 2 aliphatic rings. The smallest absolute Gasteiger partial charge is 0.411 e. The van der Waals surface area contributed by atoms with E-state index in [4.69, 9.17) is 24.7 Å². The number of rotatable bonds is 7. The molecule has 1 aromatic carbocycles. The Morgan fingerprint density at radius 3 is 2.28 bits per heavy atom. The van der Waals surface area contributed by atoms with E-state index in [1.54, 1.807) is 63.1 Å². The predicted octanol–water partition coefficient (Wildman–Crippen LogP) is 4.72. The van der Waals surface area contributed by atoms with E-state index in [1.807, 2.05) is 26.8 Å². The lowest BCUT2D eigenvalue weighted by atomic mass is 10.0. The number of carbonyl (C=O) groups is 3. The van der Waals surface area contributed by atoms with Gasteiger partial charge in [-0.2, -0.15) is 0 Å². The highest BCUT2D eigenvalue weighted by Gasteiger charge is 2.60. The topological polar surface area (TPSA) is 122 Å². The second-order valence-corrected chi connectivity index (χ2v) is 11.4. The van der Waals surface area contributed by atoms with Gasteiger partial charge < -0.3 is 29.2 Å². The average molecular weight is 542 g/mol. The summed E-state index contributed by atoms with van der Waals surface area (Å²) >= 11 is 0. The van der Waals surface area contributed by atoms with Gasteiger partial charge in [0.1, 0.15) is 17.8 Å². The first-order valence-electron chi connectivity index (χ1n) is 13.4. The predicted molar refractivity (Wildman–Crippen MR) is 144 cm³/mol. The van der Waals surface area contributed by atoms with Gasteiger partial charge in [0.25, 0.3) is 0 Å². The van der Waals surface area contributed by atoms with E-state index in [0.717, 1.165) is 0 Å². The van der Waals surface area contributed by atoms with Gasteiger partial charge in [-0.1, -0.05) is 37.3 Å². The van der Waals surface area contributed by atoms with Gasteiger partial charge in [0, 0.05) is 17.3 Å². The largest absolute Gasteiger partial charge is 0.461 e. The van der Waals surface area contributed by atoms with Crippen LogP contribution in [0.25, 0.3) is 0 Å². The van der Waals surface area contributed by atoms with Crippen molar-refractivity contribution >= 4 is 23.5 Å². The number of carbonyl (C=O) groups excluding carboxylic acids is 3. The third kappa shape index (κ3) is 5.67. The molecule has 4 rings (SSSR count). The fourth-order valence-electron chi connectivity index (χ4n) is 5.45. The molecule has 4 unspecified atom stereocenters. The number of ether oxygens (including phenoxy) is 4. The quantitative estimate of drug-likeness (QED) is 0.395. The van der Waals surface area contributed by atoms with Gasteiger partial charge in [-0.25, -0.2) is 9.59 Å². The number of aromatic nitrogens is 1. The molecule has 0 saturated carbocycles. The number of anilines is 1. The molecule has 10 nitrogen and oxygen atoms in total. The molecule has 0 bridgehead atoms. The first-order chi connectivity index (χ1) is 18.3. The lowest BCUT2D eigenvalue weighted by Crippen LogP contribution is -2.45. The number of likely N-dealkylation sites (tertiary alicyclic amines) is 1. The molecule has 1 aromatic heterocycles. The van der Waals surface area contributed by atoms with E-state index in [1.165, 1.54) is 4.57 Å². The lowest BCUT2D eigenvalue weighted by Gasteiger charge is -2.35. The number of benzene rings is 1. The molecule has 2 fully saturated rings. The standard InChI is InChI=1S/C29H39N3O7/c1-8-19-24-25(38-29(6,7)37-24)22(32(19)27(35)39-28(3,4)5)18-15-31(23(21(18)30)26(34)36-9-2)16-20(33)17-13-11-10-12-14-17/h10-15,19,22,24-25H,8-9,16,30H2,1-7H3. The number of amides is 1. The summed E-state index contributed by atoms with van der Waals surface area (Å²) in [5.41, 5.74) is 7.05. The van der Waals surface area contributed by atoms with Crippen molar-refractivity contribution in [2.24, 2.45) is 0 Å². The molecular weight excluding hydrogens is 502 g/mol. The fraction of sp³-hybridized carbons (Fsp3) is 0.552. The van der Waals surface area contributed by atoms with Crippen LogP contribution in [-0.2, 0) is 25.5 Å². The lowest BCUT2D eigenvalue weighted by molar-refractivity contribution is -0.167. The molecule has 0 spiro atoms. The number of esters is 1. The van der Waals surface area contributed by atoms with Crippen LogP contribution in [0.1, 0.15) is 87.3 Å². The van der Waals surface area contributed by atoms with Gasteiger partial charge in [-0.3, -0.25) is 9.69 Å². The summed E-state index contributed by atoms with van der Waals surface area (Å²) < 4.78 is 25.2. The molecule has 10 heteroatoms. The Balaban J connectivity index is 1.83. The summed E-state index contributed by atoms with van der Waals surface area (Å²) in [5, 5.41) is 0. The Morgan fingerprint density at radius 1 is 1.05 bits per heavy atom. The second-order valence-electron chi connectivity index (χ2n) is 11.4. The van der Waals surface area contributed by atoms with Gasteiger partial charge in [0.05, 0.1) is 30.9 Å². The van der Waals surface area contributed by atoms with E-state index < -0.39 is 41.7 Å². The highest BCUT2D eigenvalue weighted by Crippen LogP contribution is 2.50. The Morgan fingerprint density at radius 2 is 1.69 bits per heavy atom. The SMILES string of the molecule is CCOC(=O)c1c(N)c(C2C3OC(C)(C)OC3C(CC)N2C(=O)OC(C)(C)C)cn1CC(=O)c1ccccc1. The number of ketones is 1. The third-order valence-corrected chi connectivity index (χ3v) is 6.88. The fourth-order valence-corrected chi connectivity index (χ4v) is 5.45. The maximum absolute atomic E-state index is 13.6. The van der Waals surface area contributed by atoms with Gasteiger partial charge in [0.15, 0.2) is 17.3 Å². The Kier molecular flexibility index (Phi) is 7.82. The minimum absolute atomic E-state index is 0.0509. The minimum Gasteiger partial charge on any atom is -0.461 e. The van der Waals surface area contributed by atoms with Gasteiger partial charge in [0.2, 0.25) is 0 Å². The molecule has 3 heterocycles. The van der Waals surface area contributed by atoms with Crippen LogP contribution in [0.2, 0.25) is 0 Å². The molecule has 212 valence electrons. The van der Waals surface area contributed by atoms with Crippen molar-refractivity contribution in [3.8, 4) is 0 Å². The molecule has 2 N–H and O–H groups in total. The summed E-state index contributed by atoms with van der Waals surface area (Å²) in [5.74, 6) is -1.74. The van der Waals surface area contributed by atoms with Crippen molar-refractivity contribution in [1.82, 2.24) is 9.47 Å². The van der Waals surface area contributed by atoms with Crippen LogP contribution >= 0.6 is 0 Å². The van der Waals surface area contributed by atoms with Crippen molar-refractivity contribution in [2.75, 3.05) is 12.3 Å². The highest BCUT2D eigenvalue weighted by atomic mass is 16.8. The van der Waals surface area contributed by atoms with Crippen LogP contribution in [-0.4, -0.2) is 63.6 Å². The Labute approximate surface area is 229 Å². The van der Waals surface area contributed by atoms with Gasteiger partial charge in [-0.15, -0.1) is 0 Å². The van der Waals surface area contributed by atoms with Crippen LogP contribution in [0.3, 0.4) is 0 Å². The zero-order valence-corrected chi connectivity index (χ0v) is 23.7. The van der Waals surface area contributed by atoms with Crippen LogP contribution in [0.4, 0.5) is 10.5 Å². The van der Waals surface area contributed by atoms with Gasteiger partial charge in [-0.05, 0) is 48.0 Å². The minimum atomic E-state index is -0.883. The number of fused-ring (bicyclic) bond motifs is 1. The monoisotopic (exact) mass is 541 g/mol. The van der Waals surface area contributed by atoms with E-state index in [2.05, 4.69) is 0 Å². The molecule has 0 radical (unpaired) electrons. The second kappa shape index (κ2) is 10.7. The highest BCUT2D eigenvalue weighted by molar-refractivity contribution is 5.98. The first-order valence-corrected chi connectivity index (χ1v) is 13.4. The summed E-state index contributed by atoms with van der Waals surface area (Å²) in [6.45, 7) is 12.7. The zero-order chi connectivity index (χ0) is 28.7. The molecule has 4 atom stereocenters. The van der Waals surface area contributed by atoms with Crippen molar-refractivity contribution in [1.29, 1.82) is 0 Å². The first kappa shape index (κ1) is 28.6. The number of hydrogen-bond donors (Lipinski definition) is 1. The summed E-state index contributed by atoms with van der Waals surface area (Å²) in [6.07, 6.45) is 0.671. The van der Waals surface area contributed by atoms with Crippen LogP contribution in [0.5, 0.6) is 0 Å². The molecule has 39 heavy (non-hydrogen) atoms. The van der Waals surface area contributed by atoms with E-state index in [0.29, 0.717) is 17.5 Å². The van der Waals surface area contributed by atoms with Crippen molar-refractivity contribution < 1.29 is 33.3 Å². The van der Waals surface area contributed by atoms with Crippen molar-refractivity contribution in [3.63, 3.8) is 0 Å². The third-order valence-electron chi connectivity index (χ3n) is 6.88. The maximum atomic E-state index is 13.6. The molecule has 1 amide bonds. The molecule has 2 aromatic rings. The summed E-state index contributed by atoms with van der Waals surface area (Å²) in [7, 11) is 0. The molecule has 2 saturated heterocycles. The van der Waals surface area contributed by atoms with Crippen LogP contribution < -0.4 is 5.73 Å². The molecule has 0 aliphatic carbocycles. The average Bonchev–Trinajstić information content (AvgIpc) is 3.43. The summed E-state index contributed by atoms with van der Waals surface area (Å²) in [4.78, 5) is 41.5. The van der Waals surface area contributed by atoms with Crippen molar-refractivity contribution in [2.45, 2.75) is 97.1 Å². The zero-order valence-electron chi connectivity index (χ0n) is 23.7. The molecular formula is C29H39N3O7. The van der Waals surface area contributed by atoms with E-state index in [9.17, 15) is 14.4 Å². The van der Waals surface area contributed by atoms with Gasteiger partial charge >= 0.3 is 12.1 Å². The number of Topliss-reactive ketones (excluding diaryl/α,β-unsaturated/α-hetero) is 1. The number of nitrogens with two attached hydrogens (primary N) is 1. The van der Waals surface area contributed by atoms with Crippen LogP contribution in [0.15, 0.2) is 36.5 Å². The number of nitrogen functional groups attached to an aromatic ring is 1. The normalized spacial score (nSPS) is 23.9. The Bertz CT molecular complexity index is 1230. The number of hydrogen-bond acceptors (Lipinski definition) is 8. The van der Waals surface area contributed by atoms with Crippen molar-refractivity contribution in [3.05, 3.63) is 53.3 Å². The number of nitrogens with zero attached hydrogens (tertiary/aromatic N) is 2. The molecule has 2 aliphatic heterocycles. The Hall–Kier alpha value is -3.37. The van der Waals surface area contributed by atoms with E-state index >= 15 is 0 Å². The van der Waals surface area contributed by atoms with Crippen LogP contribution in [0, 0.1) is 0 Å². The maximum Gasteiger partial charge on any atom is 0.411 e. The van der Waals surface area contributed by atoms with E-state index in [-0.39, 0.29) is 36.4 Å². The summed E-state index contributed by atoms with van der Waals surface area (Å²) in [6, 6.07) is 7.71.